The van der Waals surface area contributed by atoms with E-state index < -0.39 is 21.4 Å². The van der Waals surface area contributed by atoms with Crippen LogP contribution in [-0.2, 0) is 23.1 Å². The van der Waals surface area contributed by atoms with Gasteiger partial charge in [-0.1, -0.05) is 29.8 Å². The lowest BCUT2D eigenvalue weighted by atomic mass is 10.2. The molecule has 0 radical (unpaired) electrons. The topological polar surface area (TPSA) is 101 Å². The van der Waals surface area contributed by atoms with Crippen LogP contribution in [0.4, 0.5) is 0 Å². The van der Waals surface area contributed by atoms with Gasteiger partial charge in [-0.05, 0) is 62.9 Å². The first-order chi connectivity index (χ1) is 16.1. The van der Waals surface area contributed by atoms with E-state index in [4.69, 9.17) is 9.47 Å². The van der Waals surface area contributed by atoms with Crippen LogP contribution in [-0.4, -0.2) is 56.0 Å². The predicted octanol–water partition coefficient (Wildman–Crippen LogP) is 3.81. The molecule has 0 aliphatic carbocycles. The number of hydrogen-bond donors (Lipinski definition) is 1. The number of hydrogen-bond acceptors (Lipinski definition) is 6. The van der Waals surface area contributed by atoms with Gasteiger partial charge in [0.05, 0.1) is 14.2 Å². The van der Waals surface area contributed by atoms with Gasteiger partial charge in [-0.2, -0.15) is 4.31 Å². The van der Waals surface area contributed by atoms with E-state index in [1.54, 1.807) is 38.5 Å². The first-order valence-corrected chi connectivity index (χ1v) is 12.2. The summed E-state index contributed by atoms with van der Waals surface area (Å²) < 4.78 is 39.1. The van der Waals surface area contributed by atoms with E-state index in [9.17, 15) is 13.5 Å². The number of methoxy groups -OCH3 is 2. The molecule has 2 atom stereocenters. The maximum atomic E-state index is 13.7. The van der Waals surface area contributed by atoms with E-state index in [1.165, 1.54) is 17.4 Å². The fourth-order valence-electron chi connectivity index (χ4n) is 3.12. The van der Waals surface area contributed by atoms with Crippen LogP contribution in [0.15, 0.2) is 70.3 Å². The van der Waals surface area contributed by atoms with E-state index in [0.717, 1.165) is 16.7 Å². The number of ether oxygens (including phenoxy) is 2. The zero-order valence-electron chi connectivity index (χ0n) is 20.3. The van der Waals surface area contributed by atoms with Crippen molar-refractivity contribution < 1.29 is 23.0 Å². The number of aliphatic hydroxyl groups is 1. The molecule has 0 saturated heterocycles. The Morgan fingerprint density at radius 2 is 1.44 bits per heavy atom. The normalized spacial score (nSPS) is 13.8. The van der Waals surface area contributed by atoms with Crippen molar-refractivity contribution in [1.29, 1.82) is 0 Å². The number of amidine groups is 1. The summed E-state index contributed by atoms with van der Waals surface area (Å²) in [6, 6.07) is 14.3. The van der Waals surface area contributed by atoms with Crippen LogP contribution in [0.5, 0.6) is 11.5 Å². The summed E-state index contributed by atoms with van der Waals surface area (Å²) in [5.41, 5.74) is 2.43. The Bertz CT molecular complexity index is 1060. The Kier molecular flexibility index (Phi) is 9.97. The zero-order valence-corrected chi connectivity index (χ0v) is 21.1. The predicted molar refractivity (Wildman–Crippen MR) is 136 cm³/mol. The molecule has 8 nitrogen and oxygen atoms in total. The highest BCUT2D eigenvalue weighted by Gasteiger charge is 2.36. The largest absolute Gasteiger partial charge is 0.497 e. The number of benzene rings is 2. The molecule has 0 aromatic heterocycles. The van der Waals surface area contributed by atoms with E-state index in [-0.39, 0.29) is 18.9 Å². The van der Waals surface area contributed by atoms with Crippen molar-refractivity contribution in [2.45, 2.75) is 45.2 Å². The Morgan fingerprint density at radius 1 is 1.00 bits per heavy atom. The van der Waals surface area contributed by atoms with Crippen molar-refractivity contribution in [2.75, 3.05) is 14.2 Å². The molecular formula is C25H33N3O5S. The van der Waals surface area contributed by atoms with E-state index >= 15 is 0 Å². The molecule has 2 aromatic carbocycles. The lowest BCUT2D eigenvalue weighted by Crippen LogP contribution is -2.45. The molecule has 0 heterocycles. The molecule has 0 spiro atoms. The van der Waals surface area contributed by atoms with Crippen LogP contribution in [0.2, 0.25) is 0 Å². The van der Waals surface area contributed by atoms with Crippen LogP contribution in [0.1, 0.15) is 31.9 Å². The Balaban J connectivity index is 2.41. The van der Waals surface area contributed by atoms with E-state index in [2.05, 4.69) is 16.7 Å². The van der Waals surface area contributed by atoms with Crippen molar-refractivity contribution in [3.05, 3.63) is 71.4 Å². The Labute approximate surface area is 202 Å². The molecule has 2 aromatic rings. The molecule has 0 aliphatic heterocycles. The van der Waals surface area contributed by atoms with Gasteiger partial charge in [-0.15, -0.1) is 0 Å². The Hall–Kier alpha value is -3.01. The molecule has 1 N–H and O–H groups in total. The molecular weight excluding hydrogens is 454 g/mol. The second-order valence-corrected chi connectivity index (χ2v) is 10.3. The van der Waals surface area contributed by atoms with Gasteiger partial charge in [0.1, 0.15) is 22.9 Å². The summed E-state index contributed by atoms with van der Waals surface area (Å²) in [5.74, 6) is 1.30. The molecule has 184 valence electrons. The molecule has 34 heavy (non-hydrogen) atoms. The average molecular weight is 488 g/mol. The van der Waals surface area contributed by atoms with Crippen molar-refractivity contribution in [3.8, 4) is 11.5 Å². The third-order valence-corrected chi connectivity index (χ3v) is 7.37. The van der Waals surface area contributed by atoms with Crippen LogP contribution >= 0.6 is 0 Å². The second-order valence-electron chi connectivity index (χ2n) is 8.01. The molecule has 2 rings (SSSR count). The SMILES string of the molecule is C=NC(=NC=C(C)C)[C@H](O)[C@H](C)S(=O)(=O)N(Cc1ccc(OC)cc1)Cc1ccc(OC)cc1. The number of sulfonamides is 1. The molecule has 0 fully saturated rings. The molecule has 0 amide bonds. The fraction of sp³-hybridized carbons (Fsp3) is 0.360. The van der Waals surface area contributed by atoms with Crippen molar-refractivity contribution in [1.82, 2.24) is 4.31 Å². The average Bonchev–Trinajstić information content (AvgIpc) is 2.84. The van der Waals surface area contributed by atoms with Crippen molar-refractivity contribution >= 4 is 22.6 Å². The van der Waals surface area contributed by atoms with Crippen molar-refractivity contribution in [3.63, 3.8) is 0 Å². The third kappa shape index (κ3) is 7.24. The smallest absolute Gasteiger partial charge is 0.220 e. The highest BCUT2D eigenvalue weighted by atomic mass is 32.2. The van der Waals surface area contributed by atoms with Gasteiger partial charge in [0.25, 0.3) is 0 Å². The minimum Gasteiger partial charge on any atom is -0.497 e. The number of aliphatic imine (C=N–C) groups is 2. The minimum absolute atomic E-state index is 0.0499. The second kappa shape index (κ2) is 12.5. The zero-order chi connectivity index (χ0) is 25.3. The molecule has 0 saturated carbocycles. The molecule has 0 unspecified atom stereocenters. The highest BCUT2D eigenvalue weighted by Crippen LogP contribution is 2.23. The van der Waals surface area contributed by atoms with Gasteiger partial charge in [-0.25, -0.2) is 18.4 Å². The third-order valence-electron chi connectivity index (χ3n) is 5.19. The quantitative estimate of drug-likeness (QED) is 0.384. The summed E-state index contributed by atoms with van der Waals surface area (Å²) in [5, 5.41) is 9.60. The minimum atomic E-state index is -3.99. The first kappa shape index (κ1) is 27.2. The van der Waals surface area contributed by atoms with Crippen LogP contribution in [0.3, 0.4) is 0 Å². The lowest BCUT2D eigenvalue weighted by molar-refractivity contribution is 0.232. The maximum Gasteiger partial charge on any atom is 0.220 e. The standard InChI is InChI=1S/C25H33N3O5S/c1-18(2)15-27-25(26-4)24(29)19(3)34(30,31)28(16-20-7-11-22(32-5)12-8-20)17-21-9-13-23(33-6)14-10-21/h7-15,19,24,29H,4,16-17H2,1-3,5-6H3/t19-,24+/m0/s1. The summed E-state index contributed by atoms with van der Waals surface area (Å²) in [7, 11) is -0.850. The van der Waals surface area contributed by atoms with Gasteiger partial charge in [0.2, 0.25) is 10.0 Å². The van der Waals surface area contributed by atoms with Gasteiger partial charge < -0.3 is 14.6 Å². The maximum absolute atomic E-state index is 13.7. The number of allylic oxidation sites excluding steroid dienone is 1. The number of aliphatic hydroxyl groups excluding tert-OH is 1. The number of rotatable bonds is 11. The molecule has 9 heteroatoms. The van der Waals surface area contributed by atoms with Gasteiger partial charge >= 0.3 is 0 Å². The monoisotopic (exact) mass is 487 g/mol. The summed E-state index contributed by atoms with van der Waals surface area (Å²) in [6.45, 7) is 8.77. The van der Waals surface area contributed by atoms with Gasteiger partial charge in [0, 0.05) is 19.3 Å². The van der Waals surface area contributed by atoms with Gasteiger partial charge in [0.15, 0.2) is 5.84 Å². The van der Waals surface area contributed by atoms with Crippen LogP contribution in [0.25, 0.3) is 0 Å². The molecule has 0 bridgehead atoms. The molecule has 0 aliphatic rings. The van der Waals surface area contributed by atoms with Gasteiger partial charge in [-0.3, -0.25) is 0 Å². The highest BCUT2D eigenvalue weighted by molar-refractivity contribution is 7.89. The summed E-state index contributed by atoms with van der Waals surface area (Å²) in [4.78, 5) is 7.86. The summed E-state index contributed by atoms with van der Waals surface area (Å²) >= 11 is 0. The van der Waals surface area contributed by atoms with Crippen LogP contribution in [0, 0.1) is 0 Å². The van der Waals surface area contributed by atoms with Crippen molar-refractivity contribution in [2.24, 2.45) is 9.98 Å². The summed E-state index contributed by atoms with van der Waals surface area (Å²) in [6.07, 6.45) is 0.0614. The fourth-order valence-corrected chi connectivity index (χ4v) is 4.69. The number of nitrogens with zero attached hydrogens (tertiary/aromatic N) is 3. The lowest BCUT2D eigenvalue weighted by Gasteiger charge is -2.28. The Morgan fingerprint density at radius 3 is 1.79 bits per heavy atom. The van der Waals surface area contributed by atoms with Crippen LogP contribution < -0.4 is 9.47 Å². The van der Waals surface area contributed by atoms with E-state index in [1.807, 2.05) is 38.1 Å². The first-order valence-electron chi connectivity index (χ1n) is 10.7. The van der Waals surface area contributed by atoms with E-state index in [0.29, 0.717) is 11.5 Å².